The van der Waals surface area contributed by atoms with E-state index in [0.29, 0.717) is 0 Å². The van der Waals surface area contributed by atoms with Gasteiger partial charge >= 0.3 is 0 Å². The van der Waals surface area contributed by atoms with E-state index in [1.165, 1.54) is 43.6 Å². The molecule has 110 valence electrons. The van der Waals surface area contributed by atoms with Crippen LogP contribution in [0.5, 0.6) is 0 Å². The molecule has 1 N–H and O–H groups in total. The second-order valence-corrected chi connectivity index (χ2v) is 6.34. The van der Waals surface area contributed by atoms with E-state index in [-0.39, 0.29) is 0 Å². The Morgan fingerprint density at radius 3 is 2.95 bits per heavy atom. The number of halogens is 1. The van der Waals surface area contributed by atoms with Crippen molar-refractivity contribution in [2.24, 2.45) is 0 Å². The number of piperidine rings is 1. The maximum atomic E-state index is 6.39. The van der Waals surface area contributed by atoms with Crippen LogP contribution in [0.1, 0.15) is 24.8 Å². The van der Waals surface area contributed by atoms with Gasteiger partial charge in [0.2, 0.25) is 0 Å². The number of nitrogens with one attached hydrogen (secondary N) is 1. The van der Waals surface area contributed by atoms with Crippen LogP contribution in [0.4, 0.5) is 5.69 Å². The minimum absolute atomic E-state index is 0.744. The van der Waals surface area contributed by atoms with Crippen molar-refractivity contribution < 1.29 is 0 Å². The molecule has 4 heteroatoms. The van der Waals surface area contributed by atoms with Crippen LogP contribution < -0.4 is 10.2 Å². The number of nitrogens with zero attached hydrogens (tertiary/aromatic N) is 2. The summed E-state index contributed by atoms with van der Waals surface area (Å²) in [5, 5.41) is 4.03. The standard InChI is InChI=1S/C16H24ClN3/c1-18-11-13-5-6-14(10-16(13)17)20-9-8-19-7-3-2-4-15(19)12-20/h5-6,10,15,18H,2-4,7-9,11-12H2,1H3. The van der Waals surface area contributed by atoms with Crippen LogP contribution in [-0.2, 0) is 6.54 Å². The third kappa shape index (κ3) is 2.95. The largest absolute Gasteiger partial charge is 0.369 e. The normalized spacial score (nSPS) is 23.7. The highest BCUT2D eigenvalue weighted by molar-refractivity contribution is 6.31. The molecule has 2 saturated heterocycles. The van der Waals surface area contributed by atoms with Gasteiger partial charge in [0, 0.05) is 42.9 Å². The molecule has 3 nitrogen and oxygen atoms in total. The van der Waals surface area contributed by atoms with Gasteiger partial charge in [-0.3, -0.25) is 4.90 Å². The summed E-state index contributed by atoms with van der Waals surface area (Å²) in [6.07, 6.45) is 4.11. The third-order valence-corrected chi connectivity index (χ3v) is 4.96. The summed E-state index contributed by atoms with van der Waals surface area (Å²) in [4.78, 5) is 5.17. The van der Waals surface area contributed by atoms with Gasteiger partial charge < -0.3 is 10.2 Å². The Kier molecular flexibility index (Phi) is 4.49. The third-order valence-electron chi connectivity index (χ3n) is 4.61. The number of rotatable bonds is 3. The lowest BCUT2D eigenvalue weighted by Gasteiger charge is -2.45. The monoisotopic (exact) mass is 293 g/mol. The zero-order valence-electron chi connectivity index (χ0n) is 12.2. The van der Waals surface area contributed by atoms with Gasteiger partial charge in [0.1, 0.15) is 0 Å². The molecule has 3 rings (SSSR count). The zero-order chi connectivity index (χ0) is 13.9. The van der Waals surface area contributed by atoms with Gasteiger partial charge in [0.05, 0.1) is 0 Å². The summed E-state index contributed by atoms with van der Waals surface area (Å²) in [5.74, 6) is 0. The van der Waals surface area contributed by atoms with E-state index in [9.17, 15) is 0 Å². The summed E-state index contributed by atoms with van der Waals surface area (Å²) >= 11 is 6.39. The van der Waals surface area contributed by atoms with E-state index in [1.54, 1.807) is 0 Å². The molecule has 0 bridgehead atoms. The molecule has 1 unspecified atom stereocenters. The molecule has 1 atom stereocenters. The Hall–Kier alpha value is -0.770. The molecule has 20 heavy (non-hydrogen) atoms. The number of benzene rings is 1. The SMILES string of the molecule is CNCc1ccc(N2CCN3CCCCC3C2)cc1Cl. The van der Waals surface area contributed by atoms with Crippen molar-refractivity contribution in [3.05, 3.63) is 28.8 Å². The van der Waals surface area contributed by atoms with Gasteiger partial charge in [-0.15, -0.1) is 0 Å². The molecule has 2 fully saturated rings. The van der Waals surface area contributed by atoms with Crippen molar-refractivity contribution >= 4 is 17.3 Å². The Balaban J connectivity index is 1.71. The Labute approximate surface area is 126 Å². The average Bonchev–Trinajstić information content (AvgIpc) is 2.49. The second kappa shape index (κ2) is 6.33. The number of anilines is 1. The van der Waals surface area contributed by atoms with Crippen molar-refractivity contribution in [1.29, 1.82) is 0 Å². The maximum Gasteiger partial charge on any atom is 0.0471 e. The van der Waals surface area contributed by atoms with Crippen molar-refractivity contribution in [1.82, 2.24) is 10.2 Å². The molecule has 0 amide bonds. The molecule has 1 aromatic carbocycles. The number of piperazine rings is 1. The van der Waals surface area contributed by atoms with Crippen LogP contribution in [-0.4, -0.2) is 44.2 Å². The van der Waals surface area contributed by atoms with Gasteiger partial charge in [-0.1, -0.05) is 24.1 Å². The topological polar surface area (TPSA) is 18.5 Å². The fraction of sp³-hybridized carbons (Fsp3) is 0.625. The first kappa shape index (κ1) is 14.2. The Morgan fingerprint density at radius 2 is 2.15 bits per heavy atom. The highest BCUT2D eigenvalue weighted by Gasteiger charge is 2.28. The van der Waals surface area contributed by atoms with Crippen LogP contribution >= 0.6 is 11.6 Å². The van der Waals surface area contributed by atoms with Gasteiger partial charge in [-0.2, -0.15) is 0 Å². The predicted octanol–water partition coefficient (Wildman–Crippen LogP) is 2.73. The molecule has 1 aromatic rings. The second-order valence-electron chi connectivity index (χ2n) is 5.94. The fourth-order valence-corrected chi connectivity index (χ4v) is 3.70. The first-order chi connectivity index (χ1) is 9.78. The van der Waals surface area contributed by atoms with Crippen LogP contribution in [0.3, 0.4) is 0 Å². The van der Waals surface area contributed by atoms with Gasteiger partial charge in [-0.25, -0.2) is 0 Å². The molecule has 0 saturated carbocycles. The first-order valence-electron chi connectivity index (χ1n) is 7.70. The highest BCUT2D eigenvalue weighted by Crippen LogP contribution is 2.28. The maximum absolute atomic E-state index is 6.39. The molecule has 2 aliphatic rings. The Bertz CT molecular complexity index is 463. The van der Waals surface area contributed by atoms with E-state index in [4.69, 9.17) is 11.6 Å². The number of hydrogen-bond donors (Lipinski definition) is 1. The highest BCUT2D eigenvalue weighted by atomic mass is 35.5. The molecular weight excluding hydrogens is 270 g/mol. The van der Waals surface area contributed by atoms with Crippen LogP contribution in [0.25, 0.3) is 0 Å². The van der Waals surface area contributed by atoms with E-state index in [1.807, 2.05) is 7.05 Å². The molecule has 2 aliphatic heterocycles. The summed E-state index contributed by atoms with van der Waals surface area (Å²) in [6.45, 7) is 5.59. The zero-order valence-corrected chi connectivity index (χ0v) is 13.0. The van der Waals surface area contributed by atoms with E-state index in [2.05, 4.69) is 33.3 Å². The molecule has 0 spiro atoms. The van der Waals surface area contributed by atoms with Crippen molar-refractivity contribution in [3.8, 4) is 0 Å². The average molecular weight is 294 g/mol. The van der Waals surface area contributed by atoms with E-state index < -0.39 is 0 Å². The fourth-order valence-electron chi connectivity index (χ4n) is 3.46. The smallest absolute Gasteiger partial charge is 0.0471 e. The number of hydrogen-bond acceptors (Lipinski definition) is 3. The van der Waals surface area contributed by atoms with Crippen LogP contribution in [0.15, 0.2) is 18.2 Å². The summed E-state index contributed by atoms with van der Waals surface area (Å²) < 4.78 is 0. The lowest BCUT2D eigenvalue weighted by molar-refractivity contribution is 0.133. The number of fused-ring (bicyclic) bond motifs is 1. The minimum Gasteiger partial charge on any atom is -0.369 e. The quantitative estimate of drug-likeness (QED) is 0.924. The van der Waals surface area contributed by atoms with Crippen molar-refractivity contribution in [2.75, 3.05) is 38.1 Å². The summed E-state index contributed by atoms with van der Waals surface area (Å²) in [6, 6.07) is 7.25. The van der Waals surface area contributed by atoms with Gasteiger partial charge in [0.15, 0.2) is 0 Å². The lowest BCUT2D eigenvalue weighted by atomic mass is 9.99. The lowest BCUT2D eigenvalue weighted by Crippen LogP contribution is -2.54. The van der Waals surface area contributed by atoms with Crippen molar-refractivity contribution in [3.63, 3.8) is 0 Å². The summed E-state index contributed by atoms with van der Waals surface area (Å²) in [5.41, 5.74) is 2.45. The van der Waals surface area contributed by atoms with E-state index in [0.717, 1.165) is 30.7 Å². The van der Waals surface area contributed by atoms with Gasteiger partial charge in [-0.05, 0) is 44.1 Å². The predicted molar refractivity (Wildman–Crippen MR) is 85.6 cm³/mol. The van der Waals surface area contributed by atoms with Crippen LogP contribution in [0.2, 0.25) is 5.02 Å². The van der Waals surface area contributed by atoms with E-state index >= 15 is 0 Å². The summed E-state index contributed by atoms with van der Waals surface area (Å²) in [7, 11) is 1.95. The van der Waals surface area contributed by atoms with Gasteiger partial charge in [0.25, 0.3) is 0 Å². The molecule has 0 aliphatic carbocycles. The molecule has 0 radical (unpaired) electrons. The molecular formula is C16H24ClN3. The van der Waals surface area contributed by atoms with Crippen molar-refractivity contribution in [2.45, 2.75) is 31.8 Å². The Morgan fingerprint density at radius 1 is 1.25 bits per heavy atom. The van der Waals surface area contributed by atoms with Crippen LogP contribution in [0, 0.1) is 0 Å². The molecule has 0 aromatic heterocycles. The first-order valence-corrected chi connectivity index (χ1v) is 8.08. The molecule has 2 heterocycles. The minimum atomic E-state index is 0.744.